The average Bonchev–Trinajstić information content (AvgIpc) is 2.62. The number of amides is 2. The molecule has 1 fully saturated rings. The first-order chi connectivity index (χ1) is 11.6. The minimum Gasteiger partial charge on any atom is -0.339 e. The van der Waals surface area contributed by atoms with Crippen LogP contribution in [0.2, 0.25) is 0 Å². The zero-order valence-electron chi connectivity index (χ0n) is 13.7. The van der Waals surface area contributed by atoms with Crippen LogP contribution in [0.3, 0.4) is 0 Å². The number of aryl methyl sites for hydroxylation is 1. The van der Waals surface area contributed by atoms with Gasteiger partial charge in [0.25, 0.3) is 5.91 Å². The van der Waals surface area contributed by atoms with Crippen molar-refractivity contribution in [2.75, 3.05) is 18.4 Å². The van der Waals surface area contributed by atoms with Gasteiger partial charge in [-0.25, -0.2) is 0 Å². The number of likely N-dealkylation sites (tertiary alicyclic amines) is 1. The van der Waals surface area contributed by atoms with Gasteiger partial charge in [-0.3, -0.25) is 14.6 Å². The fourth-order valence-electron chi connectivity index (χ4n) is 3.01. The van der Waals surface area contributed by atoms with E-state index >= 15 is 0 Å². The second kappa shape index (κ2) is 7.25. The SMILES string of the molecule is Cc1ccccc1C(=O)N1CCC(C(=O)Nc2ccncc2)CC1. The molecule has 1 N–H and O–H groups in total. The lowest BCUT2D eigenvalue weighted by atomic mass is 9.95. The maximum Gasteiger partial charge on any atom is 0.254 e. The molecule has 1 aliphatic heterocycles. The van der Waals surface area contributed by atoms with Crippen molar-refractivity contribution in [2.45, 2.75) is 19.8 Å². The Kier molecular flexibility index (Phi) is 4.89. The first kappa shape index (κ1) is 16.2. The number of pyridine rings is 1. The molecule has 0 spiro atoms. The number of hydrogen-bond acceptors (Lipinski definition) is 3. The average molecular weight is 323 g/mol. The number of aromatic nitrogens is 1. The zero-order valence-corrected chi connectivity index (χ0v) is 13.7. The summed E-state index contributed by atoms with van der Waals surface area (Å²) in [6.45, 7) is 3.17. The highest BCUT2D eigenvalue weighted by Gasteiger charge is 2.28. The number of carbonyl (C=O) groups is 2. The molecule has 0 bridgehead atoms. The zero-order chi connectivity index (χ0) is 16.9. The third kappa shape index (κ3) is 3.62. The standard InChI is InChI=1S/C19H21N3O2/c1-14-4-2-3-5-17(14)19(24)22-12-8-15(9-13-22)18(23)21-16-6-10-20-11-7-16/h2-7,10-11,15H,8-9,12-13H2,1H3,(H,20,21,23). The third-order valence-electron chi connectivity index (χ3n) is 4.48. The summed E-state index contributed by atoms with van der Waals surface area (Å²) in [5, 5.41) is 2.91. The summed E-state index contributed by atoms with van der Waals surface area (Å²) in [6, 6.07) is 11.2. The monoisotopic (exact) mass is 323 g/mol. The Hall–Kier alpha value is -2.69. The molecule has 5 heteroatoms. The number of nitrogens with zero attached hydrogens (tertiary/aromatic N) is 2. The van der Waals surface area contributed by atoms with Crippen LogP contribution in [0, 0.1) is 12.8 Å². The molecule has 0 atom stereocenters. The van der Waals surface area contributed by atoms with Crippen LogP contribution in [0.15, 0.2) is 48.8 Å². The van der Waals surface area contributed by atoms with E-state index in [9.17, 15) is 9.59 Å². The quantitative estimate of drug-likeness (QED) is 0.945. The molecule has 0 unspecified atom stereocenters. The van der Waals surface area contributed by atoms with Crippen LogP contribution in [0.25, 0.3) is 0 Å². The Morgan fingerprint density at radius 1 is 1.08 bits per heavy atom. The van der Waals surface area contributed by atoms with Crippen molar-refractivity contribution in [1.29, 1.82) is 0 Å². The summed E-state index contributed by atoms with van der Waals surface area (Å²) in [5.74, 6) is 0.0179. The molecule has 2 amide bonds. The Labute approximate surface area is 141 Å². The lowest BCUT2D eigenvalue weighted by Gasteiger charge is -2.31. The van der Waals surface area contributed by atoms with Gasteiger partial charge in [0, 0.05) is 42.7 Å². The number of piperidine rings is 1. The molecule has 1 aromatic heterocycles. The van der Waals surface area contributed by atoms with Crippen LogP contribution < -0.4 is 5.32 Å². The molecular formula is C19H21N3O2. The van der Waals surface area contributed by atoms with Gasteiger partial charge in [-0.2, -0.15) is 0 Å². The molecule has 1 aliphatic rings. The van der Waals surface area contributed by atoms with E-state index in [1.54, 1.807) is 24.5 Å². The molecule has 0 saturated carbocycles. The minimum absolute atomic E-state index is 0.0178. The van der Waals surface area contributed by atoms with Gasteiger partial charge in [0.1, 0.15) is 0 Å². The van der Waals surface area contributed by atoms with Gasteiger partial charge in [-0.1, -0.05) is 18.2 Å². The Balaban J connectivity index is 1.57. The third-order valence-corrected chi connectivity index (χ3v) is 4.48. The maximum absolute atomic E-state index is 12.6. The predicted octanol–water partition coefficient (Wildman–Crippen LogP) is 2.88. The highest BCUT2D eigenvalue weighted by molar-refractivity contribution is 5.96. The lowest BCUT2D eigenvalue weighted by Crippen LogP contribution is -2.41. The summed E-state index contributed by atoms with van der Waals surface area (Å²) >= 11 is 0. The summed E-state index contributed by atoms with van der Waals surface area (Å²) in [4.78, 5) is 30.7. The normalized spacial score (nSPS) is 15.1. The molecule has 3 rings (SSSR count). The van der Waals surface area contributed by atoms with E-state index in [1.807, 2.05) is 36.1 Å². The van der Waals surface area contributed by atoms with Gasteiger partial charge in [0.05, 0.1) is 0 Å². The van der Waals surface area contributed by atoms with Crippen molar-refractivity contribution in [1.82, 2.24) is 9.88 Å². The van der Waals surface area contributed by atoms with Crippen molar-refractivity contribution >= 4 is 17.5 Å². The van der Waals surface area contributed by atoms with Crippen LogP contribution in [0.4, 0.5) is 5.69 Å². The molecule has 5 nitrogen and oxygen atoms in total. The molecule has 0 radical (unpaired) electrons. The molecule has 124 valence electrons. The van der Waals surface area contributed by atoms with Crippen LogP contribution in [-0.4, -0.2) is 34.8 Å². The number of rotatable bonds is 3. The predicted molar refractivity (Wildman–Crippen MR) is 92.7 cm³/mol. The van der Waals surface area contributed by atoms with Gasteiger partial charge in [0.15, 0.2) is 0 Å². The van der Waals surface area contributed by atoms with E-state index in [2.05, 4.69) is 10.3 Å². The Morgan fingerprint density at radius 3 is 2.42 bits per heavy atom. The Morgan fingerprint density at radius 2 is 1.75 bits per heavy atom. The fourth-order valence-corrected chi connectivity index (χ4v) is 3.01. The minimum atomic E-state index is -0.0564. The smallest absolute Gasteiger partial charge is 0.254 e. The summed E-state index contributed by atoms with van der Waals surface area (Å²) in [5.41, 5.74) is 2.49. The van der Waals surface area contributed by atoms with E-state index < -0.39 is 0 Å². The highest BCUT2D eigenvalue weighted by Crippen LogP contribution is 2.21. The van der Waals surface area contributed by atoms with Gasteiger partial charge in [-0.05, 0) is 43.5 Å². The second-order valence-corrected chi connectivity index (χ2v) is 6.11. The molecule has 1 saturated heterocycles. The summed E-state index contributed by atoms with van der Waals surface area (Å²) in [6.07, 6.45) is 4.68. The van der Waals surface area contributed by atoms with Crippen LogP contribution in [0.5, 0.6) is 0 Å². The van der Waals surface area contributed by atoms with E-state index in [4.69, 9.17) is 0 Å². The maximum atomic E-state index is 12.6. The van der Waals surface area contributed by atoms with Crippen molar-refractivity contribution < 1.29 is 9.59 Å². The van der Waals surface area contributed by atoms with Gasteiger partial charge in [0.2, 0.25) is 5.91 Å². The molecule has 1 aromatic carbocycles. The lowest BCUT2D eigenvalue weighted by molar-refractivity contribution is -0.121. The number of benzene rings is 1. The van der Waals surface area contributed by atoms with E-state index in [0.29, 0.717) is 25.9 Å². The number of hydrogen-bond donors (Lipinski definition) is 1. The fraction of sp³-hybridized carbons (Fsp3) is 0.316. The molecule has 2 aromatic rings. The van der Waals surface area contributed by atoms with Gasteiger partial charge < -0.3 is 10.2 Å². The highest BCUT2D eigenvalue weighted by atomic mass is 16.2. The van der Waals surface area contributed by atoms with E-state index in [0.717, 1.165) is 16.8 Å². The topological polar surface area (TPSA) is 62.3 Å². The number of nitrogens with one attached hydrogen (secondary N) is 1. The van der Waals surface area contributed by atoms with Crippen LogP contribution in [0.1, 0.15) is 28.8 Å². The van der Waals surface area contributed by atoms with Crippen molar-refractivity contribution in [3.05, 3.63) is 59.9 Å². The Bertz CT molecular complexity index is 722. The first-order valence-electron chi connectivity index (χ1n) is 8.21. The van der Waals surface area contributed by atoms with E-state index in [-0.39, 0.29) is 17.7 Å². The van der Waals surface area contributed by atoms with E-state index in [1.165, 1.54) is 0 Å². The van der Waals surface area contributed by atoms with Gasteiger partial charge >= 0.3 is 0 Å². The molecule has 24 heavy (non-hydrogen) atoms. The van der Waals surface area contributed by atoms with Gasteiger partial charge in [-0.15, -0.1) is 0 Å². The molecule has 0 aliphatic carbocycles. The van der Waals surface area contributed by atoms with Crippen LogP contribution in [-0.2, 0) is 4.79 Å². The molecular weight excluding hydrogens is 302 g/mol. The van der Waals surface area contributed by atoms with Crippen molar-refractivity contribution in [3.8, 4) is 0 Å². The summed E-state index contributed by atoms with van der Waals surface area (Å²) < 4.78 is 0. The first-order valence-corrected chi connectivity index (χ1v) is 8.21. The largest absolute Gasteiger partial charge is 0.339 e. The van der Waals surface area contributed by atoms with Crippen LogP contribution >= 0.6 is 0 Å². The molecule has 2 heterocycles. The number of anilines is 1. The second-order valence-electron chi connectivity index (χ2n) is 6.11. The summed E-state index contributed by atoms with van der Waals surface area (Å²) in [7, 11) is 0. The van der Waals surface area contributed by atoms with Crippen molar-refractivity contribution in [2.24, 2.45) is 5.92 Å². The number of carbonyl (C=O) groups excluding carboxylic acids is 2. The van der Waals surface area contributed by atoms with Crippen molar-refractivity contribution in [3.63, 3.8) is 0 Å².